The third-order valence-electron chi connectivity index (χ3n) is 2.51. The lowest BCUT2D eigenvalue weighted by atomic mass is 10.1. The van der Waals surface area contributed by atoms with E-state index in [1.807, 2.05) is 0 Å². The van der Waals surface area contributed by atoms with Crippen molar-refractivity contribution in [1.29, 1.82) is 0 Å². The molecule has 6 nitrogen and oxygen atoms in total. The Bertz CT molecular complexity index is 541. The average molecular weight is 423 g/mol. The number of esters is 2. The van der Waals surface area contributed by atoms with E-state index in [0.717, 1.165) is 0 Å². The first-order chi connectivity index (χ1) is 9.87. The van der Waals surface area contributed by atoms with Crippen LogP contribution in [0.1, 0.15) is 16.8 Å². The molecule has 1 rings (SSSR count). The molecule has 1 aromatic rings. The summed E-state index contributed by atoms with van der Waals surface area (Å²) in [5, 5.41) is 2.45. The number of rotatable bonds is 5. The van der Waals surface area contributed by atoms with Crippen LogP contribution in [0.3, 0.4) is 0 Å². The molecule has 1 N–H and O–H groups in total. The lowest BCUT2D eigenvalue weighted by Gasteiger charge is -2.15. The molecule has 8 heteroatoms. The summed E-state index contributed by atoms with van der Waals surface area (Å²) in [6.07, 6.45) is -0.302. The van der Waals surface area contributed by atoms with Gasteiger partial charge in [-0.3, -0.25) is 9.59 Å². The molecular formula is C13H13Br2NO5. The summed E-state index contributed by atoms with van der Waals surface area (Å²) in [5.74, 6) is -1.85. The molecule has 0 aliphatic carbocycles. The van der Waals surface area contributed by atoms with Gasteiger partial charge in [0.25, 0.3) is 5.91 Å². The molecule has 1 amide bonds. The maximum absolute atomic E-state index is 12.1. The Morgan fingerprint density at radius 2 is 1.67 bits per heavy atom. The van der Waals surface area contributed by atoms with E-state index in [4.69, 9.17) is 0 Å². The Morgan fingerprint density at radius 3 is 2.14 bits per heavy atom. The Kier molecular flexibility index (Phi) is 6.83. The van der Waals surface area contributed by atoms with Crippen molar-refractivity contribution in [2.45, 2.75) is 12.5 Å². The van der Waals surface area contributed by atoms with Crippen LogP contribution in [-0.4, -0.2) is 38.1 Å². The van der Waals surface area contributed by atoms with Gasteiger partial charge in [-0.15, -0.1) is 0 Å². The van der Waals surface area contributed by atoms with Crippen LogP contribution in [0.4, 0.5) is 0 Å². The van der Waals surface area contributed by atoms with Crippen LogP contribution >= 0.6 is 31.9 Å². The molecule has 0 spiro atoms. The predicted octanol–water partition coefficient (Wildman–Crippen LogP) is 2.05. The topological polar surface area (TPSA) is 81.7 Å². The van der Waals surface area contributed by atoms with Gasteiger partial charge in [0.2, 0.25) is 0 Å². The zero-order valence-electron chi connectivity index (χ0n) is 11.3. The van der Waals surface area contributed by atoms with Crippen molar-refractivity contribution in [3.05, 3.63) is 32.7 Å². The standard InChI is InChI=1S/C13H13Br2NO5/c1-20-11(17)6-10(13(19)21-2)16-12(18)7-3-8(14)5-9(15)4-7/h3-5,10H,6H2,1-2H3,(H,16,18)/t10-/m1/s1. The first-order valence-corrected chi connectivity index (χ1v) is 7.37. The number of benzene rings is 1. The molecule has 21 heavy (non-hydrogen) atoms. The van der Waals surface area contributed by atoms with Gasteiger partial charge in [0.05, 0.1) is 20.6 Å². The lowest BCUT2D eigenvalue weighted by Crippen LogP contribution is -2.43. The maximum atomic E-state index is 12.1. The molecule has 0 bridgehead atoms. The van der Waals surface area contributed by atoms with Crippen molar-refractivity contribution in [1.82, 2.24) is 5.32 Å². The number of nitrogens with one attached hydrogen (secondary N) is 1. The second-order valence-electron chi connectivity index (χ2n) is 3.99. The van der Waals surface area contributed by atoms with Gasteiger partial charge in [-0.25, -0.2) is 4.79 Å². The summed E-state index contributed by atoms with van der Waals surface area (Å²) in [4.78, 5) is 35.0. The van der Waals surface area contributed by atoms with Gasteiger partial charge in [-0.1, -0.05) is 31.9 Å². The number of methoxy groups -OCH3 is 2. The summed E-state index contributed by atoms with van der Waals surface area (Å²) >= 11 is 6.53. The monoisotopic (exact) mass is 421 g/mol. The lowest BCUT2D eigenvalue weighted by molar-refractivity contribution is -0.149. The molecule has 0 aliphatic rings. The summed E-state index contributed by atoms with van der Waals surface area (Å²) in [6.45, 7) is 0. The highest BCUT2D eigenvalue weighted by molar-refractivity contribution is 9.11. The van der Waals surface area contributed by atoms with Crippen LogP contribution in [0.5, 0.6) is 0 Å². The van der Waals surface area contributed by atoms with E-state index in [0.29, 0.717) is 14.5 Å². The van der Waals surface area contributed by atoms with Crippen LogP contribution in [-0.2, 0) is 19.1 Å². The third-order valence-corrected chi connectivity index (χ3v) is 3.43. The SMILES string of the molecule is COC(=O)C[C@@H](NC(=O)c1cc(Br)cc(Br)c1)C(=O)OC. The fourth-order valence-corrected chi connectivity index (χ4v) is 2.81. The molecule has 0 unspecified atom stereocenters. The van der Waals surface area contributed by atoms with Crippen LogP contribution in [0.25, 0.3) is 0 Å². The van der Waals surface area contributed by atoms with Gasteiger partial charge in [0.1, 0.15) is 6.04 Å². The molecule has 0 aromatic heterocycles. The van der Waals surface area contributed by atoms with Gasteiger partial charge in [-0.05, 0) is 18.2 Å². The number of hydrogen-bond donors (Lipinski definition) is 1. The van der Waals surface area contributed by atoms with Crippen LogP contribution in [0.2, 0.25) is 0 Å². The van der Waals surface area contributed by atoms with Crippen molar-refractivity contribution >= 4 is 49.7 Å². The van der Waals surface area contributed by atoms with Crippen molar-refractivity contribution in [2.75, 3.05) is 14.2 Å². The Morgan fingerprint density at radius 1 is 1.10 bits per heavy atom. The zero-order valence-corrected chi connectivity index (χ0v) is 14.5. The number of ether oxygens (including phenoxy) is 2. The molecular weight excluding hydrogens is 410 g/mol. The summed E-state index contributed by atoms with van der Waals surface area (Å²) in [7, 11) is 2.37. The number of halogens is 2. The molecule has 0 fully saturated rings. The van der Waals surface area contributed by atoms with Gasteiger partial charge < -0.3 is 14.8 Å². The van der Waals surface area contributed by atoms with E-state index in [1.54, 1.807) is 18.2 Å². The van der Waals surface area contributed by atoms with Gasteiger partial charge in [0, 0.05) is 14.5 Å². The predicted molar refractivity (Wildman–Crippen MR) is 81.7 cm³/mol. The highest BCUT2D eigenvalue weighted by Gasteiger charge is 2.25. The zero-order chi connectivity index (χ0) is 16.0. The second kappa shape index (κ2) is 8.14. The summed E-state index contributed by atoms with van der Waals surface area (Å²) < 4.78 is 10.4. The molecule has 1 atom stereocenters. The minimum atomic E-state index is -1.10. The van der Waals surface area contributed by atoms with Crippen molar-refractivity contribution in [3.8, 4) is 0 Å². The van der Waals surface area contributed by atoms with Gasteiger partial charge in [0.15, 0.2) is 0 Å². The van der Waals surface area contributed by atoms with E-state index in [2.05, 4.69) is 46.7 Å². The number of amides is 1. The third kappa shape index (κ3) is 5.47. The molecule has 0 heterocycles. The van der Waals surface area contributed by atoms with Crippen LogP contribution in [0.15, 0.2) is 27.1 Å². The molecule has 0 radical (unpaired) electrons. The molecule has 0 aliphatic heterocycles. The van der Waals surface area contributed by atoms with E-state index >= 15 is 0 Å². The quantitative estimate of drug-likeness (QED) is 0.734. The fraction of sp³-hybridized carbons (Fsp3) is 0.308. The summed E-state index contributed by atoms with van der Waals surface area (Å²) in [5.41, 5.74) is 0.329. The minimum absolute atomic E-state index is 0.302. The van der Waals surface area contributed by atoms with Crippen LogP contribution < -0.4 is 5.32 Å². The molecule has 0 saturated heterocycles. The van der Waals surface area contributed by atoms with E-state index < -0.39 is 23.9 Å². The van der Waals surface area contributed by atoms with Gasteiger partial charge >= 0.3 is 11.9 Å². The minimum Gasteiger partial charge on any atom is -0.469 e. The maximum Gasteiger partial charge on any atom is 0.328 e. The summed E-state index contributed by atoms with van der Waals surface area (Å²) in [6, 6.07) is 3.84. The first kappa shape index (κ1) is 17.6. The number of hydrogen-bond acceptors (Lipinski definition) is 5. The Labute approximate surface area is 138 Å². The van der Waals surface area contributed by atoms with Crippen molar-refractivity contribution in [2.24, 2.45) is 0 Å². The van der Waals surface area contributed by atoms with Crippen molar-refractivity contribution < 1.29 is 23.9 Å². The second-order valence-corrected chi connectivity index (χ2v) is 5.82. The van der Waals surface area contributed by atoms with Crippen LogP contribution in [0, 0.1) is 0 Å². The van der Waals surface area contributed by atoms with E-state index in [-0.39, 0.29) is 6.42 Å². The smallest absolute Gasteiger partial charge is 0.328 e. The molecule has 114 valence electrons. The highest BCUT2D eigenvalue weighted by atomic mass is 79.9. The van der Waals surface area contributed by atoms with E-state index in [9.17, 15) is 14.4 Å². The van der Waals surface area contributed by atoms with Crippen molar-refractivity contribution in [3.63, 3.8) is 0 Å². The van der Waals surface area contributed by atoms with Gasteiger partial charge in [-0.2, -0.15) is 0 Å². The average Bonchev–Trinajstić information content (AvgIpc) is 2.44. The number of carbonyl (C=O) groups excluding carboxylic acids is 3. The highest BCUT2D eigenvalue weighted by Crippen LogP contribution is 2.20. The Hall–Kier alpha value is -1.41. The van der Waals surface area contributed by atoms with E-state index in [1.165, 1.54) is 14.2 Å². The molecule has 0 saturated carbocycles. The first-order valence-electron chi connectivity index (χ1n) is 5.79. The normalized spacial score (nSPS) is 11.4. The number of carbonyl (C=O) groups is 3. The molecule has 1 aromatic carbocycles. The largest absolute Gasteiger partial charge is 0.469 e. The Balaban J connectivity index is 2.89. The fourth-order valence-electron chi connectivity index (χ4n) is 1.51.